The zero-order valence-electron chi connectivity index (χ0n) is 19.6. The van der Waals surface area contributed by atoms with Gasteiger partial charge in [-0.15, -0.1) is 0 Å². The van der Waals surface area contributed by atoms with Gasteiger partial charge in [-0.2, -0.15) is 0 Å². The summed E-state index contributed by atoms with van der Waals surface area (Å²) in [4.78, 5) is 18.3. The van der Waals surface area contributed by atoms with Crippen LogP contribution in [0.15, 0.2) is 42.7 Å². The zero-order valence-corrected chi connectivity index (χ0v) is 19.6. The number of nitrogens with one attached hydrogen (secondary N) is 2. The number of hydrogen-bond acceptors (Lipinski definition) is 3. The number of aromatic nitrogens is 4. The minimum atomic E-state index is 0.446. The molecule has 32 heavy (non-hydrogen) atoms. The molecule has 1 aromatic carbocycles. The summed E-state index contributed by atoms with van der Waals surface area (Å²) in [6.45, 7) is 11.9. The van der Waals surface area contributed by atoms with E-state index in [1.54, 1.807) is 0 Å². The van der Waals surface area contributed by atoms with E-state index >= 15 is 0 Å². The highest BCUT2D eigenvalue weighted by Crippen LogP contribution is 2.38. The third-order valence-corrected chi connectivity index (χ3v) is 6.83. The number of aryl methyl sites for hydroxylation is 2. The number of imidazole rings is 1. The van der Waals surface area contributed by atoms with Crippen LogP contribution in [0.1, 0.15) is 66.9 Å². The van der Waals surface area contributed by atoms with Crippen molar-refractivity contribution in [3.8, 4) is 11.3 Å². The van der Waals surface area contributed by atoms with Crippen LogP contribution < -0.4 is 0 Å². The lowest BCUT2D eigenvalue weighted by atomic mass is 9.87. The van der Waals surface area contributed by atoms with Crippen molar-refractivity contribution in [1.29, 1.82) is 0 Å². The molecule has 0 radical (unpaired) electrons. The van der Waals surface area contributed by atoms with Crippen molar-refractivity contribution >= 4 is 10.9 Å². The third kappa shape index (κ3) is 4.09. The van der Waals surface area contributed by atoms with Crippen molar-refractivity contribution in [2.45, 2.75) is 58.9 Å². The van der Waals surface area contributed by atoms with Crippen molar-refractivity contribution in [2.24, 2.45) is 0 Å². The number of H-pyrrole nitrogens is 2. The first-order valence-electron chi connectivity index (χ1n) is 11.8. The third-order valence-electron chi connectivity index (χ3n) is 6.83. The molecule has 5 rings (SSSR count). The minimum absolute atomic E-state index is 0.446. The van der Waals surface area contributed by atoms with Gasteiger partial charge in [0.15, 0.2) is 0 Å². The van der Waals surface area contributed by atoms with Crippen molar-refractivity contribution in [3.63, 3.8) is 0 Å². The fourth-order valence-corrected chi connectivity index (χ4v) is 5.23. The molecule has 0 amide bonds. The van der Waals surface area contributed by atoms with Gasteiger partial charge in [0.2, 0.25) is 0 Å². The van der Waals surface area contributed by atoms with Crippen LogP contribution in [0.5, 0.6) is 0 Å². The highest BCUT2D eigenvalue weighted by Gasteiger charge is 2.23. The first-order chi connectivity index (χ1) is 15.5. The van der Waals surface area contributed by atoms with Gasteiger partial charge in [-0.25, -0.2) is 4.98 Å². The predicted molar refractivity (Wildman–Crippen MR) is 131 cm³/mol. The molecule has 5 nitrogen and oxygen atoms in total. The van der Waals surface area contributed by atoms with Gasteiger partial charge in [0.25, 0.3) is 0 Å². The number of aromatic amines is 2. The highest BCUT2D eigenvalue weighted by atomic mass is 15.1. The van der Waals surface area contributed by atoms with Gasteiger partial charge in [-0.05, 0) is 87.0 Å². The van der Waals surface area contributed by atoms with Crippen LogP contribution in [0.25, 0.3) is 22.2 Å². The Hall–Kier alpha value is -2.92. The monoisotopic (exact) mass is 427 g/mol. The quantitative estimate of drug-likeness (QED) is 0.406. The number of hydrogen-bond donors (Lipinski definition) is 2. The Bertz CT molecular complexity index is 1220. The Morgan fingerprint density at radius 2 is 1.84 bits per heavy atom. The fourth-order valence-electron chi connectivity index (χ4n) is 5.23. The molecular weight excluding hydrogens is 394 g/mol. The topological polar surface area (TPSA) is 60.6 Å². The Kier molecular flexibility index (Phi) is 5.60. The van der Waals surface area contributed by atoms with Gasteiger partial charge in [-0.3, -0.25) is 9.88 Å². The molecule has 3 aromatic heterocycles. The van der Waals surface area contributed by atoms with Gasteiger partial charge in [0, 0.05) is 46.8 Å². The molecule has 5 heteroatoms. The maximum Gasteiger partial charge on any atom is 0.103 e. The van der Waals surface area contributed by atoms with E-state index in [0.717, 1.165) is 31.2 Å². The smallest absolute Gasteiger partial charge is 0.103 e. The average Bonchev–Trinajstić information content (AvgIpc) is 3.37. The molecule has 0 aliphatic carbocycles. The summed E-state index contributed by atoms with van der Waals surface area (Å²) >= 11 is 0. The summed E-state index contributed by atoms with van der Waals surface area (Å²) in [7, 11) is 0. The summed E-state index contributed by atoms with van der Waals surface area (Å²) in [5.41, 5.74) is 8.86. The normalized spacial score (nSPS) is 15.8. The van der Waals surface area contributed by atoms with Crippen LogP contribution in [0.2, 0.25) is 0 Å². The van der Waals surface area contributed by atoms with Crippen LogP contribution in [0.3, 0.4) is 0 Å². The molecule has 4 aromatic rings. The number of nitrogens with zero attached hydrogens (tertiary/aromatic N) is 3. The lowest BCUT2D eigenvalue weighted by Crippen LogP contribution is -2.32. The van der Waals surface area contributed by atoms with Crippen molar-refractivity contribution < 1.29 is 0 Å². The van der Waals surface area contributed by atoms with E-state index in [2.05, 4.69) is 75.9 Å². The van der Waals surface area contributed by atoms with Crippen LogP contribution in [0, 0.1) is 13.8 Å². The second-order valence-corrected chi connectivity index (χ2v) is 9.60. The van der Waals surface area contributed by atoms with Crippen LogP contribution in [0.4, 0.5) is 0 Å². The summed E-state index contributed by atoms with van der Waals surface area (Å²) in [5, 5.41) is 1.37. The van der Waals surface area contributed by atoms with Crippen molar-refractivity contribution in [2.75, 3.05) is 13.1 Å². The number of benzene rings is 1. The van der Waals surface area contributed by atoms with E-state index in [1.165, 1.54) is 51.8 Å². The predicted octanol–water partition coefficient (Wildman–Crippen LogP) is 6.07. The number of pyridine rings is 1. The Morgan fingerprint density at radius 3 is 2.53 bits per heavy atom. The van der Waals surface area contributed by atoms with E-state index in [9.17, 15) is 0 Å². The molecule has 1 aliphatic heterocycles. The summed E-state index contributed by atoms with van der Waals surface area (Å²) in [6.07, 6.45) is 6.29. The van der Waals surface area contributed by atoms with E-state index in [1.807, 2.05) is 19.3 Å². The summed E-state index contributed by atoms with van der Waals surface area (Å²) in [6, 6.07) is 11.4. The van der Waals surface area contributed by atoms with E-state index in [4.69, 9.17) is 0 Å². The number of rotatable bonds is 5. The summed E-state index contributed by atoms with van der Waals surface area (Å²) in [5.74, 6) is 2.07. The zero-order chi connectivity index (χ0) is 22.2. The van der Waals surface area contributed by atoms with E-state index in [0.29, 0.717) is 11.8 Å². The molecule has 1 fully saturated rings. The van der Waals surface area contributed by atoms with E-state index < -0.39 is 0 Å². The minimum Gasteiger partial charge on any atom is -0.354 e. The standard InChI is InChI=1S/C27H33N5/c1-17(2)26-24-14-21(5-6-25(24)31-27(26)22-7-10-28-18(3)13-22)20-8-11-32(12-9-20)16-23-15-29-19(4)30-23/h5-7,10,13-15,17,20,31H,8-9,11-12,16H2,1-4H3,(H,29,30). The van der Waals surface area contributed by atoms with Crippen molar-refractivity contribution in [3.05, 3.63) is 71.1 Å². The molecule has 1 saturated heterocycles. The first kappa shape index (κ1) is 21.0. The Labute approximate surface area is 190 Å². The fraction of sp³-hybridized carbons (Fsp3) is 0.407. The Balaban J connectivity index is 1.39. The van der Waals surface area contributed by atoms with Gasteiger partial charge in [0.1, 0.15) is 5.82 Å². The van der Waals surface area contributed by atoms with Crippen LogP contribution >= 0.6 is 0 Å². The van der Waals surface area contributed by atoms with Gasteiger partial charge < -0.3 is 9.97 Å². The number of fused-ring (bicyclic) bond motifs is 1. The van der Waals surface area contributed by atoms with Gasteiger partial charge >= 0.3 is 0 Å². The lowest BCUT2D eigenvalue weighted by Gasteiger charge is -2.32. The molecule has 0 spiro atoms. The molecule has 0 unspecified atom stereocenters. The largest absolute Gasteiger partial charge is 0.354 e. The molecule has 1 aliphatic rings. The number of piperidine rings is 1. The van der Waals surface area contributed by atoms with Gasteiger partial charge in [-0.1, -0.05) is 19.9 Å². The van der Waals surface area contributed by atoms with Crippen LogP contribution in [-0.2, 0) is 6.54 Å². The second-order valence-electron chi connectivity index (χ2n) is 9.60. The average molecular weight is 428 g/mol. The molecular formula is C27H33N5. The van der Waals surface area contributed by atoms with E-state index in [-0.39, 0.29) is 0 Å². The molecule has 0 atom stereocenters. The maximum absolute atomic E-state index is 4.38. The van der Waals surface area contributed by atoms with Crippen molar-refractivity contribution in [1.82, 2.24) is 24.8 Å². The highest BCUT2D eigenvalue weighted by molar-refractivity contribution is 5.92. The number of likely N-dealkylation sites (tertiary alicyclic amines) is 1. The molecule has 2 N–H and O–H groups in total. The molecule has 0 saturated carbocycles. The first-order valence-corrected chi connectivity index (χ1v) is 11.8. The van der Waals surface area contributed by atoms with Crippen LogP contribution in [-0.4, -0.2) is 37.9 Å². The molecule has 4 heterocycles. The summed E-state index contributed by atoms with van der Waals surface area (Å²) < 4.78 is 0. The van der Waals surface area contributed by atoms with Gasteiger partial charge in [0.05, 0.1) is 5.69 Å². The SMILES string of the molecule is Cc1cc(-c2[nH]c3ccc(C4CCN(Cc5cnc(C)[nH]5)CC4)cc3c2C(C)C)ccn1. The second kappa shape index (κ2) is 8.55. The maximum atomic E-state index is 4.38. The molecule has 166 valence electrons. The Morgan fingerprint density at radius 1 is 1.03 bits per heavy atom. The lowest BCUT2D eigenvalue weighted by molar-refractivity contribution is 0.203. The molecule has 0 bridgehead atoms.